The fourth-order valence-corrected chi connectivity index (χ4v) is 1.48. The van der Waals surface area contributed by atoms with Crippen LogP contribution in [0.3, 0.4) is 0 Å². The second-order valence-electron chi connectivity index (χ2n) is 3.24. The predicted octanol–water partition coefficient (Wildman–Crippen LogP) is 1.24. The van der Waals surface area contributed by atoms with Crippen molar-refractivity contribution < 1.29 is 14.4 Å². The Kier molecular flexibility index (Phi) is 5.69. The fraction of sp³-hybridized carbons (Fsp3) is 0.556. The van der Waals surface area contributed by atoms with Gasteiger partial charge in [0, 0.05) is 20.8 Å². The van der Waals surface area contributed by atoms with E-state index in [1.165, 1.54) is 14.2 Å². The molecule has 0 saturated carbocycles. The average Bonchev–Trinajstić information content (AvgIpc) is 2.28. The smallest absolute Gasteiger partial charge is 0.348 e. The lowest BCUT2D eigenvalue weighted by molar-refractivity contribution is -0.384. The Hall–Kier alpha value is -1.51. The van der Waals surface area contributed by atoms with Crippen LogP contribution in [0.5, 0.6) is 0 Å². The van der Waals surface area contributed by atoms with E-state index in [0.717, 1.165) is 0 Å². The normalized spacial score (nSPS) is 10.4. The highest BCUT2D eigenvalue weighted by Crippen LogP contribution is 2.29. The Morgan fingerprint density at radius 3 is 2.67 bits per heavy atom. The monoisotopic (exact) mass is 276 g/mol. The summed E-state index contributed by atoms with van der Waals surface area (Å²) in [5, 5.41) is 13.4. The molecule has 1 rings (SSSR count). The van der Waals surface area contributed by atoms with E-state index in [9.17, 15) is 10.1 Å². The van der Waals surface area contributed by atoms with Crippen LogP contribution < -0.4 is 5.32 Å². The van der Waals surface area contributed by atoms with Crippen LogP contribution in [0.4, 0.5) is 11.5 Å². The van der Waals surface area contributed by atoms with Gasteiger partial charge in [-0.15, -0.1) is 0 Å². The predicted molar refractivity (Wildman–Crippen MR) is 64.8 cm³/mol. The maximum atomic E-state index is 10.9. The minimum Gasteiger partial charge on any atom is -0.383 e. The van der Waals surface area contributed by atoms with Crippen LogP contribution >= 0.6 is 11.6 Å². The minimum absolute atomic E-state index is 0.0594. The third-order valence-electron chi connectivity index (χ3n) is 1.94. The number of nitrogens with one attached hydrogen (secondary N) is 1. The number of rotatable bonds is 7. The van der Waals surface area contributed by atoms with E-state index in [1.807, 2.05) is 0 Å². The standard InChI is InChI=1S/C9H13ClN4O4/c1-17-4-3-11-9-7(14(15)16)8(10)12-6(13-9)5-18-2/h3-5H2,1-2H3,(H,11,12,13). The molecule has 1 N–H and O–H groups in total. The Balaban J connectivity index is 3.03. The van der Waals surface area contributed by atoms with Crippen LogP contribution in [0, 0.1) is 10.1 Å². The third kappa shape index (κ3) is 3.76. The molecule has 0 saturated heterocycles. The molecule has 0 spiro atoms. The van der Waals surface area contributed by atoms with Gasteiger partial charge in [0.25, 0.3) is 0 Å². The quantitative estimate of drug-likeness (QED) is 0.346. The first-order chi connectivity index (χ1) is 8.60. The summed E-state index contributed by atoms with van der Waals surface area (Å²) in [6, 6.07) is 0. The summed E-state index contributed by atoms with van der Waals surface area (Å²) in [4.78, 5) is 18.0. The summed E-state index contributed by atoms with van der Waals surface area (Å²) in [7, 11) is 3.00. The number of nitro groups is 1. The van der Waals surface area contributed by atoms with Crippen LogP contribution in [0.1, 0.15) is 5.82 Å². The SMILES string of the molecule is COCCNc1nc(COC)nc(Cl)c1[N+](=O)[O-]. The molecule has 1 aromatic rings. The van der Waals surface area contributed by atoms with Gasteiger partial charge in [0.1, 0.15) is 6.61 Å². The molecule has 1 heterocycles. The van der Waals surface area contributed by atoms with Gasteiger partial charge in [-0.05, 0) is 0 Å². The van der Waals surface area contributed by atoms with E-state index in [4.69, 9.17) is 21.1 Å². The summed E-state index contributed by atoms with van der Waals surface area (Å²) < 4.78 is 9.70. The number of methoxy groups -OCH3 is 2. The van der Waals surface area contributed by atoms with E-state index >= 15 is 0 Å². The highest BCUT2D eigenvalue weighted by Gasteiger charge is 2.23. The Bertz CT molecular complexity index is 429. The van der Waals surface area contributed by atoms with Crippen molar-refractivity contribution in [1.82, 2.24) is 9.97 Å². The number of anilines is 1. The molecule has 0 radical (unpaired) electrons. The van der Waals surface area contributed by atoms with E-state index in [1.54, 1.807) is 0 Å². The van der Waals surface area contributed by atoms with Gasteiger partial charge in [0.2, 0.25) is 11.0 Å². The van der Waals surface area contributed by atoms with Crippen molar-refractivity contribution in [2.45, 2.75) is 6.61 Å². The fourth-order valence-electron chi connectivity index (χ4n) is 1.22. The van der Waals surface area contributed by atoms with Gasteiger partial charge in [0.05, 0.1) is 11.5 Å². The zero-order valence-electron chi connectivity index (χ0n) is 9.97. The first kappa shape index (κ1) is 14.6. The van der Waals surface area contributed by atoms with E-state index in [-0.39, 0.29) is 29.1 Å². The number of hydrogen-bond donors (Lipinski definition) is 1. The molecule has 0 aliphatic carbocycles. The van der Waals surface area contributed by atoms with Crippen LogP contribution in [0.25, 0.3) is 0 Å². The lowest BCUT2D eigenvalue weighted by atomic mass is 10.4. The molecule has 18 heavy (non-hydrogen) atoms. The average molecular weight is 277 g/mol. The van der Waals surface area contributed by atoms with Crippen molar-refractivity contribution in [3.63, 3.8) is 0 Å². The lowest BCUT2D eigenvalue weighted by Crippen LogP contribution is -2.13. The molecule has 0 aliphatic rings. The molecule has 0 bridgehead atoms. The van der Waals surface area contributed by atoms with Gasteiger partial charge < -0.3 is 14.8 Å². The summed E-state index contributed by atoms with van der Waals surface area (Å²) >= 11 is 5.76. The molecule has 0 fully saturated rings. The van der Waals surface area contributed by atoms with Crippen LogP contribution in [-0.2, 0) is 16.1 Å². The van der Waals surface area contributed by atoms with Crippen molar-refractivity contribution in [1.29, 1.82) is 0 Å². The maximum Gasteiger partial charge on any atom is 0.348 e. The number of aromatic nitrogens is 2. The van der Waals surface area contributed by atoms with Crippen LogP contribution in [-0.4, -0.2) is 42.3 Å². The summed E-state index contributed by atoms with van der Waals surface area (Å²) in [5.74, 6) is 0.331. The van der Waals surface area contributed by atoms with Gasteiger partial charge in [-0.1, -0.05) is 11.6 Å². The molecular weight excluding hydrogens is 264 g/mol. The highest BCUT2D eigenvalue weighted by molar-refractivity contribution is 6.31. The molecule has 8 nitrogen and oxygen atoms in total. The van der Waals surface area contributed by atoms with E-state index < -0.39 is 4.92 Å². The molecular formula is C9H13ClN4O4. The number of nitrogens with zero attached hydrogens (tertiary/aromatic N) is 3. The topological polar surface area (TPSA) is 99.4 Å². The van der Waals surface area contributed by atoms with Gasteiger partial charge >= 0.3 is 5.69 Å². The zero-order chi connectivity index (χ0) is 13.5. The van der Waals surface area contributed by atoms with Crippen LogP contribution in [0.15, 0.2) is 0 Å². The van der Waals surface area contributed by atoms with Crippen LogP contribution in [0.2, 0.25) is 5.15 Å². The van der Waals surface area contributed by atoms with Crippen molar-refractivity contribution >= 4 is 23.1 Å². The molecule has 0 amide bonds. The van der Waals surface area contributed by atoms with Crippen molar-refractivity contribution in [3.05, 3.63) is 21.1 Å². The largest absolute Gasteiger partial charge is 0.383 e. The molecule has 9 heteroatoms. The molecule has 0 atom stereocenters. The summed E-state index contributed by atoms with van der Waals surface area (Å²) in [6.45, 7) is 0.881. The minimum atomic E-state index is -0.631. The molecule has 0 aliphatic heterocycles. The molecule has 100 valence electrons. The Labute approximate surface area is 108 Å². The Morgan fingerprint density at radius 1 is 1.39 bits per heavy atom. The molecule has 1 aromatic heterocycles. The van der Waals surface area contributed by atoms with E-state index in [0.29, 0.717) is 13.2 Å². The molecule has 0 aromatic carbocycles. The van der Waals surface area contributed by atoms with Gasteiger partial charge in [-0.3, -0.25) is 10.1 Å². The summed E-state index contributed by atoms with van der Waals surface area (Å²) in [5.41, 5.74) is -0.354. The second kappa shape index (κ2) is 7.04. The molecule has 0 unspecified atom stereocenters. The number of ether oxygens (including phenoxy) is 2. The van der Waals surface area contributed by atoms with Gasteiger partial charge in [-0.25, -0.2) is 9.97 Å². The number of halogens is 1. The number of hydrogen-bond acceptors (Lipinski definition) is 7. The highest BCUT2D eigenvalue weighted by atomic mass is 35.5. The van der Waals surface area contributed by atoms with Crippen molar-refractivity contribution in [2.24, 2.45) is 0 Å². The maximum absolute atomic E-state index is 10.9. The van der Waals surface area contributed by atoms with E-state index in [2.05, 4.69) is 15.3 Å². The zero-order valence-corrected chi connectivity index (χ0v) is 10.7. The second-order valence-corrected chi connectivity index (χ2v) is 3.60. The van der Waals surface area contributed by atoms with Crippen molar-refractivity contribution in [3.8, 4) is 0 Å². The Morgan fingerprint density at radius 2 is 2.11 bits per heavy atom. The lowest BCUT2D eigenvalue weighted by Gasteiger charge is -2.08. The van der Waals surface area contributed by atoms with Gasteiger partial charge in [0.15, 0.2) is 5.82 Å². The van der Waals surface area contributed by atoms with Gasteiger partial charge in [-0.2, -0.15) is 0 Å². The third-order valence-corrected chi connectivity index (χ3v) is 2.21. The summed E-state index contributed by atoms with van der Waals surface area (Å²) in [6.07, 6.45) is 0. The van der Waals surface area contributed by atoms with Crippen molar-refractivity contribution in [2.75, 3.05) is 32.7 Å². The first-order valence-electron chi connectivity index (χ1n) is 5.02. The first-order valence-corrected chi connectivity index (χ1v) is 5.40.